The van der Waals surface area contributed by atoms with Crippen molar-refractivity contribution in [2.75, 3.05) is 6.61 Å². The third-order valence-electron chi connectivity index (χ3n) is 0.892. The molecule has 76 valence electrons. The van der Waals surface area contributed by atoms with Crippen LogP contribution in [-0.4, -0.2) is 24.6 Å². The quantitative estimate of drug-likeness (QED) is 0.407. The van der Waals surface area contributed by atoms with E-state index in [4.69, 9.17) is 4.74 Å². The Kier molecular flexibility index (Phi) is 5.06. The normalized spacial score (nSPS) is 10.7. The van der Waals surface area contributed by atoms with Crippen molar-refractivity contribution in [3.63, 3.8) is 0 Å². The minimum absolute atomic E-state index is 0.155. The molecule has 0 fully saturated rings. The van der Waals surface area contributed by atoms with Gasteiger partial charge in [0.15, 0.2) is 0 Å². The van der Waals surface area contributed by atoms with Crippen LogP contribution in [0.4, 0.5) is 4.79 Å². The van der Waals surface area contributed by atoms with Gasteiger partial charge in [0, 0.05) is 6.42 Å². The molecule has 0 rings (SSSR count). The predicted molar refractivity (Wildman–Crippen MR) is 46.0 cm³/mol. The summed E-state index contributed by atoms with van der Waals surface area (Å²) in [6.07, 6.45) is 0.297. The highest BCUT2D eigenvalue weighted by Gasteiger charge is 2.15. The van der Waals surface area contributed by atoms with Gasteiger partial charge in [-0.3, -0.25) is 4.84 Å². The molecule has 0 unspecified atom stereocenters. The highest BCUT2D eigenvalue weighted by molar-refractivity contribution is 5.66. The maximum absolute atomic E-state index is 10.9. The van der Waals surface area contributed by atoms with Crippen LogP contribution in [0.5, 0.6) is 0 Å². The maximum atomic E-state index is 10.9. The number of carbonyl (C=O) groups is 2. The van der Waals surface area contributed by atoms with Gasteiger partial charge in [-0.05, 0) is 20.8 Å². The molecule has 0 aromatic rings. The number of nitrogens with one attached hydrogen (secondary N) is 1. The molecule has 0 atom stereocenters. The van der Waals surface area contributed by atoms with Crippen LogP contribution in [-0.2, 0) is 14.4 Å². The van der Waals surface area contributed by atoms with Gasteiger partial charge < -0.3 is 9.53 Å². The lowest BCUT2D eigenvalue weighted by Gasteiger charge is -2.19. The van der Waals surface area contributed by atoms with Gasteiger partial charge in [-0.2, -0.15) is 5.48 Å². The fraction of sp³-hybridized carbons (Fsp3) is 0.750. The molecular formula is C8H15NO4. The van der Waals surface area contributed by atoms with E-state index in [1.807, 2.05) is 0 Å². The van der Waals surface area contributed by atoms with Crippen LogP contribution < -0.4 is 5.48 Å². The van der Waals surface area contributed by atoms with Gasteiger partial charge in [0.1, 0.15) is 11.9 Å². The van der Waals surface area contributed by atoms with E-state index in [2.05, 4.69) is 10.3 Å². The number of ether oxygens (including phenoxy) is 1. The molecule has 0 spiro atoms. The number of hydroxylamine groups is 1. The average molecular weight is 189 g/mol. The monoisotopic (exact) mass is 189 g/mol. The molecule has 0 heterocycles. The van der Waals surface area contributed by atoms with Crippen molar-refractivity contribution in [2.45, 2.75) is 32.8 Å². The van der Waals surface area contributed by atoms with Crippen molar-refractivity contribution in [1.82, 2.24) is 5.48 Å². The van der Waals surface area contributed by atoms with Crippen molar-refractivity contribution < 1.29 is 19.2 Å². The van der Waals surface area contributed by atoms with Gasteiger partial charge in [0.25, 0.3) is 0 Å². The Morgan fingerprint density at radius 2 is 2.08 bits per heavy atom. The van der Waals surface area contributed by atoms with Crippen LogP contribution in [0.25, 0.3) is 0 Å². The Hall–Kier alpha value is -1.10. The second-order valence-corrected chi connectivity index (χ2v) is 3.41. The Balaban J connectivity index is 3.47. The van der Waals surface area contributed by atoms with Crippen LogP contribution in [0.1, 0.15) is 27.2 Å². The average Bonchev–Trinajstić information content (AvgIpc) is 1.94. The number of hydrogen-bond acceptors (Lipinski definition) is 4. The highest BCUT2D eigenvalue weighted by Crippen LogP contribution is 2.06. The molecule has 0 saturated heterocycles. The highest BCUT2D eigenvalue weighted by atomic mass is 16.7. The molecular weight excluding hydrogens is 174 g/mol. The number of carbonyl (C=O) groups excluding carboxylic acids is 2. The molecule has 5 nitrogen and oxygen atoms in total. The summed E-state index contributed by atoms with van der Waals surface area (Å²) in [5.74, 6) is 0. The predicted octanol–water partition coefficient (Wildman–Crippen LogP) is 1.03. The minimum Gasteiger partial charge on any atom is -0.442 e. The van der Waals surface area contributed by atoms with Gasteiger partial charge in [-0.1, -0.05) is 0 Å². The second-order valence-electron chi connectivity index (χ2n) is 3.41. The van der Waals surface area contributed by atoms with Crippen LogP contribution in [0.3, 0.4) is 0 Å². The zero-order chi connectivity index (χ0) is 10.3. The van der Waals surface area contributed by atoms with Gasteiger partial charge in [-0.15, -0.1) is 0 Å². The van der Waals surface area contributed by atoms with E-state index in [1.165, 1.54) is 0 Å². The first kappa shape index (κ1) is 11.9. The first-order valence-corrected chi connectivity index (χ1v) is 4.00. The fourth-order valence-corrected chi connectivity index (χ4v) is 0.516. The topological polar surface area (TPSA) is 64.6 Å². The molecule has 0 bridgehead atoms. The Labute approximate surface area is 77.3 Å². The molecule has 0 radical (unpaired) electrons. The van der Waals surface area contributed by atoms with E-state index in [0.29, 0.717) is 6.29 Å². The molecule has 1 amide bonds. The lowest BCUT2D eigenvalue weighted by atomic mass is 10.2. The van der Waals surface area contributed by atoms with Crippen molar-refractivity contribution in [1.29, 1.82) is 0 Å². The number of rotatable bonds is 4. The molecule has 0 aliphatic carbocycles. The Morgan fingerprint density at radius 3 is 2.54 bits per heavy atom. The van der Waals surface area contributed by atoms with Crippen molar-refractivity contribution in [2.24, 2.45) is 0 Å². The Bertz CT molecular complexity index is 173. The number of aldehydes is 1. The van der Waals surface area contributed by atoms with Crippen LogP contribution in [0.2, 0.25) is 0 Å². The maximum Gasteiger partial charge on any atom is 0.431 e. The summed E-state index contributed by atoms with van der Waals surface area (Å²) in [5, 5.41) is 0. The van der Waals surface area contributed by atoms with Crippen molar-refractivity contribution in [3.05, 3.63) is 0 Å². The molecule has 0 aliphatic rings. The summed E-state index contributed by atoms with van der Waals surface area (Å²) in [6.45, 7) is 5.40. The molecule has 13 heavy (non-hydrogen) atoms. The van der Waals surface area contributed by atoms with Crippen LogP contribution in [0, 0.1) is 0 Å². The van der Waals surface area contributed by atoms with Crippen molar-refractivity contribution in [3.8, 4) is 0 Å². The van der Waals surface area contributed by atoms with Crippen LogP contribution >= 0.6 is 0 Å². The van der Waals surface area contributed by atoms with Crippen molar-refractivity contribution >= 4 is 12.4 Å². The molecule has 0 aromatic carbocycles. The largest absolute Gasteiger partial charge is 0.442 e. The first-order chi connectivity index (χ1) is 5.95. The van der Waals surface area contributed by atoms with E-state index in [1.54, 1.807) is 20.8 Å². The van der Waals surface area contributed by atoms with E-state index in [0.717, 1.165) is 0 Å². The van der Waals surface area contributed by atoms with E-state index in [-0.39, 0.29) is 13.0 Å². The van der Waals surface area contributed by atoms with Gasteiger partial charge >= 0.3 is 6.09 Å². The molecule has 0 aliphatic heterocycles. The molecule has 0 aromatic heterocycles. The van der Waals surface area contributed by atoms with E-state index < -0.39 is 11.7 Å². The third-order valence-corrected chi connectivity index (χ3v) is 0.892. The van der Waals surface area contributed by atoms with Gasteiger partial charge in [-0.25, -0.2) is 4.79 Å². The zero-order valence-electron chi connectivity index (χ0n) is 8.12. The zero-order valence-corrected chi connectivity index (χ0v) is 8.12. The summed E-state index contributed by atoms with van der Waals surface area (Å²) in [5.41, 5.74) is 1.51. The fourth-order valence-electron chi connectivity index (χ4n) is 0.516. The summed E-state index contributed by atoms with van der Waals surface area (Å²) in [7, 11) is 0. The van der Waals surface area contributed by atoms with Gasteiger partial charge in [0.05, 0.1) is 6.61 Å². The summed E-state index contributed by atoms with van der Waals surface area (Å²) in [6, 6.07) is 0. The summed E-state index contributed by atoms with van der Waals surface area (Å²) >= 11 is 0. The van der Waals surface area contributed by atoms with E-state index >= 15 is 0 Å². The second kappa shape index (κ2) is 5.53. The molecule has 0 saturated carbocycles. The molecule has 5 heteroatoms. The van der Waals surface area contributed by atoms with E-state index in [9.17, 15) is 9.59 Å². The number of hydrogen-bond donors (Lipinski definition) is 1. The first-order valence-electron chi connectivity index (χ1n) is 4.00. The summed E-state index contributed by atoms with van der Waals surface area (Å²) in [4.78, 5) is 25.4. The summed E-state index contributed by atoms with van der Waals surface area (Å²) < 4.78 is 4.85. The lowest BCUT2D eigenvalue weighted by molar-refractivity contribution is -0.109. The Morgan fingerprint density at radius 1 is 1.46 bits per heavy atom. The van der Waals surface area contributed by atoms with Gasteiger partial charge in [0.2, 0.25) is 0 Å². The smallest absolute Gasteiger partial charge is 0.431 e. The standard InChI is InChI=1S/C8H15NO4/c1-8(2,3)13-7(11)9-12-6-4-5-10/h5H,4,6H2,1-3H3,(H,9,11). The van der Waals surface area contributed by atoms with Crippen LogP contribution in [0.15, 0.2) is 0 Å². The minimum atomic E-state index is -0.654. The third kappa shape index (κ3) is 8.81. The number of amides is 1. The lowest BCUT2D eigenvalue weighted by Crippen LogP contribution is -2.32. The SMILES string of the molecule is CC(C)(C)OC(=O)NOCCC=O. The molecule has 1 N–H and O–H groups in total.